The molecule has 1 aromatic rings. The van der Waals surface area contributed by atoms with Gasteiger partial charge in [-0.15, -0.1) is 0 Å². The lowest BCUT2D eigenvalue weighted by Gasteiger charge is -2.29. The highest BCUT2D eigenvalue weighted by Gasteiger charge is 2.25. The van der Waals surface area contributed by atoms with E-state index in [1.54, 1.807) is 14.0 Å². The van der Waals surface area contributed by atoms with Gasteiger partial charge in [-0.25, -0.2) is 9.48 Å². The Morgan fingerprint density at radius 2 is 2.00 bits per heavy atom. The van der Waals surface area contributed by atoms with Crippen molar-refractivity contribution in [1.29, 1.82) is 0 Å². The summed E-state index contributed by atoms with van der Waals surface area (Å²) in [6.45, 7) is 3.64. The van der Waals surface area contributed by atoms with E-state index in [9.17, 15) is 9.90 Å². The first-order chi connectivity index (χ1) is 8.49. The molecule has 2 heterocycles. The van der Waals surface area contributed by atoms with Crippen LogP contribution in [-0.4, -0.2) is 52.0 Å². The van der Waals surface area contributed by atoms with E-state index in [0.29, 0.717) is 11.6 Å². The Labute approximate surface area is 106 Å². The molecule has 0 unspecified atom stereocenters. The Morgan fingerprint density at radius 3 is 2.56 bits per heavy atom. The summed E-state index contributed by atoms with van der Waals surface area (Å²) in [6.07, 6.45) is 1.91. The average Bonchev–Trinajstić information content (AvgIpc) is 2.57. The van der Waals surface area contributed by atoms with Gasteiger partial charge in [0, 0.05) is 20.1 Å². The molecule has 0 aliphatic carbocycles. The third-order valence-electron chi connectivity index (χ3n) is 3.33. The Bertz CT molecular complexity index is 448. The zero-order valence-electron chi connectivity index (χ0n) is 11.0. The van der Waals surface area contributed by atoms with Gasteiger partial charge in [-0.2, -0.15) is 5.10 Å². The molecule has 1 fully saturated rings. The molecule has 1 aliphatic rings. The van der Waals surface area contributed by atoms with E-state index in [1.165, 1.54) is 4.68 Å². The SMILES string of the molecule is Cc1nn(C)c(OC2CCN(C)CC2)c1C(=O)O. The van der Waals surface area contributed by atoms with Crippen LogP contribution in [0, 0.1) is 6.92 Å². The molecular formula is C12H19N3O3. The molecule has 1 saturated heterocycles. The van der Waals surface area contributed by atoms with Crippen LogP contribution in [0.15, 0.2) is 0 Å². The highest BCUT2D eigenvalue weighted by molar-refractivity contribution is 5.91. The van der Waals surface area contributed by atoms with Crippen molar-refractivity contribution < 1.29 is 14.6 Å². The van der Waals surface area contributed by atoms with Gasteiger partial charge in [0.05, 0.1) is 5.69 Å². The lowest BCUT2D eigenvalue weighted by molar-refractivity contribution is 0.0676. The van der Waals surface area contributed by atoms with Gasteiger partial charge in [-0.3, -0.25) is 0 Å². The first-order valence-corrected chi connectivity index (χ1v) is 6.11. The predicted molar refractivity (Wildman–Crippen MR) is 66.1 cm³/mol. The molecule has 6 heteroatoms. The second-order valence-electron chi connectivity index (χ2n) is 4.81. The largest absolute Gasteiger partial charge is 0.477 e. The summed E-state index contributed by atoms with van der Waals surface area (Å²) in [5, 5.41) is 13.3. The minimum atomic E-state index is -0.983. The molecule has 2 rings (SSSR count). The number of hydrogen-bond acceptors (Lipinski definition) is 4. The van der Waals surface area contributed by atoms with E-state index in [-0.39, 0.29) is 11.7 Å². The molecule has 1 aromatic heterocycles. The first-order valence-electron chi connectivity index (χ1n) is 6.11. The monoisotopic (exact) mass is 253 g/mol. The van der Waals surface area contributed by atoms with Crippen LogP contribution in [0.2, 0.25) is 0 Å². The van der Waals surface area contributed by atoms with Crippen LogP contribution in [0.25, 0.3) is 0 Å². The van der Waals surface area contributed by atoms with Gasteiger partial charge in [-0.1, -0.05) is 0 Å². The van der Waals surface area contributed by atoms with Crippen molar-refractivity contribution in [3.63, 3.8) is 0 Å². The van der Waals surface area contributed by atoms with Crippen LogP contribution in [0.1, 0.15) is 28.9 Å². The molecule has 1 aliphatic heterocycles. The van der Waals surface area contributed by atoms with Gasteiger partial charge in [0.25, 0.3) is 0 Å². The fourth-order valence-corrected chi connectivity index (χ4v) is 2.28. The van der Waals surface area contributed by atoms with Gasteiger partial charge < -0.3 is 14.7 Å². The maximum Gasteiger partial charge on any atom is 0.343 e. The normalized spacial score (nSPS) is 17.9. The summed E-state index contributed by atoms with van der Waals surface area (Å²) >= 11 is 0. The fraction of sp³-hybridized carbons (Fsp3) is 0.667. The summed E-state index contributed by atoms with van der Waals surface area (Å²) in [6, 6.07) is 0. The number of carbonyl (C=O) groups is 1. The van der Waals surface area contributed by atoms with Crippen LogP contribution in [0.5, 0.6) is 5.88 Å². The number of likely N-dealkylation sites (tertiary alicyclic amines) is 1. The van der Waals surface area contributed by atoms with E-state index in [4.69, 9.17) is 4.74 Å². The third-order valence-corrected chi connectivity index (χ3v) is 3.33. The average molecular weight is 253 g/mol. The maximum absolute atomic E-state index is 11.2. The van der Waals surface area contributed by atoms with E-state index in [0.717, 1.165) is 25.9 Å². The predicted octanol–water partition coefficient (Wildman–Crippen LogP) is 0.900. The Morgan fingerprint density at radius 1 is 1.39 bits per heavy atom. The van der Waals surface area contributed by atoms with Crippen LogP contribution < -0.4 is 4.74 Å². The molecule has 1 N–H and O–H groups in total. The van der Waals surface area contributed by atoms with E-state index in [1.807, 2.05) is 0 Å². The summed E-state index contributed by atoms with van der Waals surface area (Å²) in [5.41, 5.74) is 0.671. The molecule has 6 nitrogen and oxygen atoms in total. The molecule has 0 bridgehead atoms. The highest BCUT2D eigenvalue weighted by atomic mass is 16.5. The van der Waals surface area contributed by atoms with Crippen molar-refractivity contribution in [1.82, 2.24) is 14.7 Å². The number of carboxylic acid groups (broad SMARTS) is 1. The molecule has 0 radical (unpaired) electrons. The van der Waals surface area contributed by atoms with Gasteiger partial charge in [0.2, 0.25) is 5.88 Å². The summed E-state index contributed by atoms with van der Waals surface area (Å²) in [4.78, 5) is 13.5. The minimum Gasteiger partial charge on any atom is -0.477 e. The number of piperidine rings is 1. The molecule has 0 amide bonds. The summed E-state index contributed by atoms with van der Waals surface area (Å²) in [5.74, 6) is -0.613. The quantitative estimate of drug-likeness (QED) is 0.867. The van der Waals surface area contributed by atoms with Gasteiger partial charge in [-0.05, 0) is 26.8 Å². The second-order valence-corrected chi connectivity index (χ2v) is 4.81. The molecule has 0 saturated carbocycles. The number of carboxylic acids is 1. The zero-order chi connectivity index (χ0) is 13.3. The minimum absolute atomic E-state index is 0.0779. The van der Waals surface area contributed by atoms with E-state index >= 15 is 0 Å². The lowest BCUT2D eigenvalue weighted by Crippen LogP contribution is -2.36. The summed E-state index contributed by atoms with van der Waals surface area (Å²) < 4.78 is 7.35. The van der Waals surface area contributed by atoms with Crippen molar-refractivity contribution in [3.8, 4) is 5.88 Å². The Hall–Kier alpha value is -1.56. The molecule has 0 spiro atoms. The zero-order valence-corrected chi connectivity index (χ0v) is 11.0. The maximum atomic E-state index is 11.2. The van der Waals surface area contributed by atoms with Crippen molar-refractivity contribution in [2.24, 2.45) is 7.05 Å². The smallest absolute Gasteiger partial charge is 0.343 e. The molecule has 18 heavy (non-hydrogen) atoms. The number of rotatable bonds is 3. The molecule has 0 aromatic carbocycles. The van der Waals surface area contributed by atoms with Crippen molar-refractivity contribution in [2.45, 2.75) is 25.9 Å². The topological polar surface area (TPSA) is 67.6 Å². The number of hydrogen-bond donors (Lipinski definition) is 1. The lowest BCUT2D eigenvalue weighted by atomic mass is 10.1. The van der Waals surface area contributed by atoms with Gasteiger partial charge >= 0.3 is 5.97 Å². The number of nitrogens with zero attached hydrogens (tertiary/aromatic N) is 3. The number of aromatic nitrogens is 2. The molecule has 0 atom stereocenters. The van der Waals surface area contributed by atoms with Gasteiger partial charge in [0.15, 0.2) is 0 Å². The van der Waals surface area contributed by atoms with Crippen LogP contribution in [-0.2, 0) is 7.05 Å². The van der Waals surface area contributed by atoms with E-state index < -0.39 is 5.97 Å². The van der Waals surface area contributed by atoms with Crippen molar-refractivity contribution in [3.05, 3.63) is 11.3 Å². The second kappa shape index (κ2) is 4.97. The third kappa shape index (κ3) is 2.48. The number of ether oxygens (including phenoxy) is 1. The van der Waals surface area contributed by atoms with Gasteiger partial charge in [0.1, 0.15) is 11.7 Å². The standard InChI is InChI=1S/C12H19N3O3/c1-8-10(12(16)17)11(15(3)13-8)18-9-4-6-14(2)7-5-9/h9H,4-7H2,1-3H3,(H,16,17). The molecule has 100 valence electrons. The van der Waals surface area contributed by atoms with Crippen LogP contribution in [0.4, 0.5) is 0 Å². The Balaban J connectivity index is 2.16. The first kappa shape index (κ1) is 12.9. The number of aromatic carboxylic acids is 1. The number of aryl methyl sites for hydroxylation is 2. The van der Waals surface area contributed by atoms with Crippen molar-refractivity contribution in [2.75, 3.05) is 20.1 Å². The molecular weight excluding hydrogens is 234 g/mol. The van der Waals surface area contributed by atoms with Crippen LogP contribution in [0.3, 0.4) is 0 Å². The van der Waals surface area contributed by atoms with Crippen molar-refractivity contribution >= 4 is 5.97 Å². The Kier molecular flexibility index (Phi) is 3.56. The van der Waals surface area contributed by atoms with Crippen LogP contribution >= 0.6 is 0 Å². The highest BCUT2D eigenvalue weighted by Crippen LogP contribution is 2.24. The summed E-state index contributed by atoms with van der Waals surface area (Å²) in [7, 11) is 3.79. The van der Waals surface area contributed by atoms with E-state index in [2.05, 4.69) is 17.0 Å². The fourth-order valence-electron chi connectivity index (χ4n) is 2.28.